The molecular formula is C40H47N5O7. The fraction of sp³-hybridized carbons (Fsp3) is 0.425. The summed E-state index contributed by atoms with van der Waals surface area (Å²) in [5.41, 5.74) is 4.18. The van der Waals surface area contributed by atoms with E-state index in [0.717, 1.165) is 40.7 Å². The number of aliphatic imine (C=N–C) groups is 1. The second-order valence-corrected chi connectivity index (χ2v) is 14.5. The van der Waals surface area contributed by atoms with Crippen molar-refractivity contribution in [3.8, 4) is 16.9 Å². The molecule has 1 heterocycles. The molecule has 3 aromatic carbocycles. The number of carboxylic acid groups (broad SMARTS) is 1. The van der Waals surface area contributed by atoms with Crippen LogP contribution < -0.4 is 15.4 Å². The van der Waals surface area contributed by atoms with Crippen LogP contribution >= 0.6 is 0 Å². The highest BCUT2D eigenvalue weighted by atomic mass is 16.6. The number of alkyl carbamates (subject to hydrolysis) is 1. The molecule has 12 heteroatoms. The molecule has 274 valence electrons. The van der Waals surface area contributed by atoms with Crippen LogP contribution in [0.5, 0.6) is 5.75 Å². The van der Waals surface area contributed by atoms with Crippen molar-refractivity contribution in [3.63, 3.8) is 0 Å². The maximum atomic E-state index is 14.0. The topological polar surface area (TPSA) is 168 Å². The van der Waals surface area contributed by atoms with Crippen LogP contribution in [0.15, 0.2) is 75.9 Å². The van der Waals surface area contributed by atoms with Crippen molar-refractivity contribution < 1.29 is 33.8 Å². The number of amidine groups is 1. The second kappa shape index (κ2) is 16.8. The predicted octanol–water partition coefficient (Wildman–Crippen LogP) is 7.63. The number of methoxy groups -OCH3 is 1. The number of hydrogen-bond acceptors (Lipinski definition) is 9. The number of azo groups is 1. The number of hydrogen-bond donors (Lipinski definition) is 3. The molecule has 52 heavy (non-hydrogen) atoms. The van der Waals surface area contributed by atoms with E-state index in [1.54, 1.807) is 37.4 Å². The Morgan fingerprint density at radius 2 is 1.67 bits per heavy atom. The number of rotatable bonds is 13. The standard InChI is InChI=1S/C40H47N5O7/c1-24-18-29(38(48)49)13-16-32(24)33-20-26(8-17-35(33)51-5)19-30(37(47)44-31-14-11-28(12-15-31)36-42-23-43-45-36)21-34(46)27-9-6-25(7-10-27)22-41-39(50)52-40(2,3)4/h8,11-18,20,25,27,30H,6-7,9-10,19,21-23H2,1-5H3,(H,41,50)(H,44,47)(H,48,49)/t25?,27?,30-/m1/s1. The Morgan fingerprint density at radius 3 is 2.29 bits per heavy atom. The number of anilines is 1. The van der Waals surface area contributed by atoms with Crippen molar-refractivity contribution in [2.75, 3.05) is 25.6 Å². The van der Waals surface area contributed by atoms with Gasteiger partial charge in [0.2, 0.25) is 5.91 Å². The monoisotopic (exact) mass is 709 g/mol. The van der Waals surface area contributed by atoms with E-state index >= 15 is 0 Å². The summed E-state index contributed by atoms with van der Waals surface area (Å²) in [5, 5.41) is 23.3. The van der Waals surface area contributed by atoms with E-state index in [9.17, 15) is 24.3 Å². The van der Waals surface area contributed by atoms with Gasteiger partial charge in [-0.25, -0.2) is 14.6 Å². The number of benzene rings is 3. The van der Waals surface area contributed by atoms with E-state index in [2.05, 4.69) is 25.9 Å². The number of Topliss-reactive ketones (excluding diaryl/α,β-unsaturated/α-hetero) is 1. The molecule has 1 fully saturated rings. The Hall–Kier alpha value is -5.39. The Kier molecular flexibility index (Phi) is 12.2. The van der Waals surface area contributed by atoms with E-state index in [4.69, 9.17) is 9.47 Å². The first-order chi connectivity index (χ1) is 24.8. The lowest BCUT2D eigenvalue weighted by molar-refractivity contribution is -0.129. The molecule has 0 spiro atoms. The van der Waals surface area contributed by atoms with Gasteiger partial charge >= 0.3 is 12.1 Å². The van der Waals surface area contributed by atoms with Crippen molar-refractivity contribution in [1.82, 2.24) is 5.32 Å². The number of nitrogens with zero attached hydrogens (tertiary/aromatic N) is 3. The highest BCUT2D eigenvalue weighted by Gasteiger charge is 2.31. The predicted molar refractivity (Wildman–Crippen MR) is 198 cm³/mol. The molecule has 3 aromatic rings. The highest BCUT2D eigenvalue weighted by molar-refractivity contribution is 6.01. The molecule has 1 saturated carbocycles. The van der Waals surface area contributed by atoms with Crippen LogP contribution in [0.2, 0.25) is 0 Å². The normalized spacial score (nSPS) is 17.5. The minimum absolute atomic E-state index is 0.0486. The van der Waals surface area contributed by atoms with Crippen molar-refractivity contribution in [2.45, 2.75) is 71.8 Å². The number of carbonyl (C=O) groups excluding carboxylic acids is 3. The number of ether oxygens (including phenoxy) is 2. The minimum atomic E-state index is -1.01. The molecule has 3 N–H and O–H groups in total. The molecule has 1 aliphatic carbocycles. The summed E-state index contributed by atoms with van der Waals surface area (Å²) in [6.45, 7) is 8.11. The molecule has 2 amide bonds. The van der Waals surface area contributed by atoms with Crippen LogP contribution in [0.1, 0.15) is 79.9 Å². The van der Waals surface area contributed by atoms with Crippen molar-refractivity contribution >= 4 is 35.3 Å². The van der Waals surface area contributed by atoms with E-state index < -0.39 is 23.6 Å². The third-order valence-corrected chi connectivity index (χ3v) is 9.42. The lowest BCUT2D eigenvalue weighted by Gasteiger charge is -2.29. The first kappa shape index (κ1) is 37.9. The number of ketones is 1. The fourth-order valence-electron chi connectivity index (χ4n) is 6.70. The van der Waals surface area contributed by atoms with Crippen LogP contribution in [-0.2, 0) is 20.7 Å². The van der Waals surface area contributed by atoms with Crippen LogP contribution in [-0.4, -0.2) is 60.6 Å². The number of nitrogens with one attached hydrogen (secondary N) is 2. The Morgan fingerprint density at radius 1 is 0.942 bits per heavy atom. The largest absolute Gasteiger partial charge is 0.496 e. The van der Waals surface area contributed by atoms with Gasteiger partial charge in [-0.3, -0.25) is 9.59 Å². The average molecular weight is 710 g/mol. The second-order valence-electron chi connectivity index (χ2n) is 14.5. The molecule has 1 atom stereocenters. The van der Waals surface area contributed by atoms with Crippen molar-refractivity contribution in [3.05, 3.63) is 82.9 Å². The molecule has 5 rings (SSSR count). The van der Waals surface area contributed by atoms with Crippen LogP contribution in [0.25, 0.3) is 11.1 Å². The van der Waals surface area contributed by atoms with Crippen LogP contribution in [0.4, 0.5) is 10.5 Å². The maximum Gasteiger partial charge on any atom is 0.407 e. The molecule has 0 bridgehead atoms. The van der Waals surface area contributed by atoms with E-state index in [1.807, 2.05) is 58.0 Å². The average Bonchev–Trinajstić information content (AvgIpc) is 3.65. The van der Waals surface area contributed by atoms with Gasteiger partial charge in [0.25, 0.3) is 0 Å². The first-order valence-corrected chi connectivity index (χ1v) is 17.6. The lowest BCUT2D eigenvalue weighted by Crippen LogP contribution is -2.37. The Labute approximate surface area is 304 Å². The Balaban J connectivity index is 1.32. The van der Waals surface area contributed by atoms with Gasteiger partial charge in [-0.15, -0.1) is 5.11 Å². The van der Waals surface area contributed by atoms with Crippen LogP contribution in [0, 0.1) is 24.7 Å². The van der Waals surface area contributed by atoms with Gasteiger partial charge in [0.1, 0.15) is 17.1 Å². The number of carbonyl (C=O) groups is 4. The maximum absolute atomic E-state index is 14.0. The van der Waals surface area contributed by atoms with Crippen molar-refractivity contribution in [2.24, 2.45) is 33.0 Å². The summed E-state index contributed by atoms with van der Waals surface area (Å²) in [5.74, 6) is -0.662. The lowest BCUT2D eigenvalue weighted by atomic mass is 9.77. The SMILES string of the molecule is COc1ccc(C[C@H](CC(=O)C2CCC(CNC(=O)OC(C)(C)C)CC2)C(=O)Nc2ccc(C3=NCN=N3)cc2)cc1-c1ccc(C(=O)O)cc1C. The smallest absolute Gasteiger partial charge is 0.407 e. The third-order valence-electron chi connectivity index (χ3n) is 9.42. The van der Waals surface area contributed by atoms with Gasteiger partial charge < -0.3 is 25.2 Å². The number of aromatic carboxylic acids is 1. The highest BCUT2D eigenvalue weighted by Crippen LogP contribution is 2.35. The van der Waals surface area contributed by atoms with Gasteiger partial charge in [0.05, 0.1) is 12.7 Å². The molecule has 0 aromatic heterocycles. The van der Waals surface area contributed by atoms with Gasteiger partial charge in [0.15, 0.2) is 12.5 Å². The van der Waals surface area contributed by atoms with Crippen molar-refractivity contribution in [1.29, 1.82) is 0 Å². The quantitative estimate of drug-likeness (QED) is 0.164. The molecular weight excluding hydrogens is 662 g/mol. The number of carboxylic acids is 1. The van der Waals surface area contributed by atoms with Gasteiger partial charge in [-0.05, 0) is 131 Å². The molecule has 0 saturated heterocycles. The van der Waals surface area contributed by atoms with Gasteiger partial charge in [-0.1, -0.05) is 12.1 Å². The summed E-state index contributed by atoms with van der Waals surface area (Å²) in [6, 6.07) is 17.8. The van der Waals surface area contributed by atoms with E-state index in [1.165, 1.54) is 0 Å². The fourth-order valence-corrected chi connectivity index (χ4v) is 6.70. The molecule has 1 aliphatic heterocycles. The third kappa shape index (κ3) is 10.1. The van der Waals surface area contributed by atoms with Crippen LogP contribution in [0.3, 0.4) is 0 Å². The zero-order valence-corrected chi connectivity index (χ0v) is 30.4. The zero-order valence-electron chi connectivity index (χ0n) is 30.4. The molecule has 2 aliphatic rings. The molecule has 0 radical (unpaired) electrons. The number of aryl methyl sites for hydroxylation is 1. The molecule has 12 nitrogen and oxygen atoms in total. The Bertz CT molecular complexity index is 1850. The zero-order chi connectivity index (χ0) is 37.4. The minimum Gasteiger partial charge on any atom is -0.496 e. The summed E-state index contributed by atoms with van der Waals surface area (Å²) >= 11 is 0. The first-order valence-electron chi connectivity index (χ1n) is 17.6. The summed E-state index contributed by atoms with van der Waals surface area (Å²) < 4.78 is 11.0. The summed E-state index contributed by atoms with van der Waals surface area (Å²) in [4.78, 5) is 55.7. The van der Waals surface area contributed by atoms with E-state index in [0.29, 0.717) is 49.7 Å². The van der Waals surface area contributed by atoms with Gasteiger partial charge in [-0.2, -0.15) is 5.11 Å². The molecule has 0 unspecified atom stereocenters. The summed E-state index contributed by atoms with van der Waals surface area (Å²) in [6.07, 6.45) is 2.89. The summed E-state index contributed by atoms with van der Waals surface area (Å²) in [7, 11) is 1.57. The number of amides is 2. The van der Waals surface area contributed by atoms with E-state index in [-0.39, 0.29) is 35.5 Å². The van der Waals surface area contributed by atoms with Gasteiger partial charge in [0, 0.05) is 41.6 Å².